The normalized spacial score (nSPS) is 16.9. The molecule has 2 aromatic rings. The predicted molar refractivity (Wildman–Crippen MR) is 88.4 cm³/mol. The number of amides is 1. The van der Waals surface area contributed by atoms with Crippen molar-refractivity contribution >= 4 is 18.3 Å². The van der Waals surface area contributed by atoms with Crippen molar-refractivity contribution in [1.29, 1.82) is 0 Å². The van der Waals surface area contributed by atoms with Gasteiger partial charge in [-0.15, -0.1) is 12.4 Å². The van der Waals surface area contributed by atoms with E-state index in [0.717, 1.165) is 36.3 Å². The van der Waals surface area contributed by atoms with Gasteiger partial charge in [-0.1, -0.05) is 0 Å². The fourth-order valence-corrected chi connectivity index (χ4v) is 2.61. The van der Waals surface area contributed by atoms with E-state index in [1.165, 1.54) is 12.1 Å². The molecular formula is C16H20ClFN4O. The number of benzene rings is 1. The van der Waals surface area contributed by atoms with Crippen LogP contribution in [0.1, 0.15) is 24.1 Å². The summed E-state index contributed by atoms with van der Waals surface area (Å²) < 4.78 is 14.7. The highest BCUT2D eigenvalue weighted by Crippen LogP contribution is 2.13. The Morgan fingerprint density at radius 3 is 2.83 bits per heavy atom. The summed E-state index contributed by atoms with van der Waals surface area (Å²) in [5, 5.41) is 10.5. The van der Waals surface area contributed by atoms with Gasteiger partial charge in [0.1, 0.15) is 5.82 Å². The van der Waals surface area contributed by atoms with E-state index in [0.29, 0.717) is 6.54 Å². The first-order valence-corrected chi connectivity index (χ1v) is 7.45. The largest absolute Gasteiger partial charge is 0.351 e. The van der Waals surface area contributed by atoms with Gasteiger partial charge in [-0.05, 0) is 50.6 Å². The standard InChI is InChI=1S/C16H19FN4O.ClH/c1-11-12(9-19-16(22)15-3-2-8-18-15)10-21(20-11)14-6-4-13(17)5-7-14;/h4-7,10,15,18H,2-3,8-9H2,1H3,(H,19,22);1H. The number of carbonyl (C=O) groups is 1. The molecule has 3 rings (SSSR count). The van der Waals surface area contributed by atoms with E-state index in [2.05, 4.69) is 15.7 Å². The summed E-state index contributed by atoms with van der Waals surface area (Å²) in [7, 11) is 0. The molecule has 0 saturated carbocycles. The Kier molecular flexibility index (Phi) is 5.74. The molecule has 23 heavy (non-hydrogen) atoms. The number of hydrogen-bond donors (Lipinski definition) is 2. The van der Waals surface area contributed by atoms with E-state index < -0.39 is 0 Å². The Balaban J connectivity index is 0.00000192. The Morgan fingerprint density at radius 2 is 2.17 bits per heavy atom. The summed E-state index contributed by atoms with van der Waals surface area (Å²) in [6, 6.07) is 6.07. The number of aryl methyl sites for hydroxylation is 1. The second-order valence-electron chi connectivity index (χ2n) is 5.53. The second kappa shape index (κ2) is 7.57. The smallest absolute Gasteiger partial charge is 0.237 e. The van der Waals surface area contributed by atoms with Crippen LogP contribution in [-0.4, -0.2) is 28.3 Å². The minimum absolute atomic E-state index is 0. The lowest BCUT2D eigenvalue weighted by molar-refractivity contribution is -0.122. The SMILES string of the molecule is Cc1nn(-c2ccc(F)cc2)cc1CNC(=O)C1CCCN1.Cl. The first-order valence-electron chi connectivity index (χ1n) is 7.45. The average molecular weight is 339 g/mol. The number of nitrogens with one attached hydrogen (secondary N) is 2. The summed E-state index contributed by atoms with van der Waals surface area (Å²) in [6.45, 7) is 3.25. The lowest BCUT2D eigenvalue weighted by Crippen LogP contribution is -2.40. The summed E-state index contributed by atoms with van der Waals surface area (Å²) in [5.74, 6) is -0.240. The monoisotopic (exact) mass is 338 g/mol. The molecule has 1 aliphatic rings. The summed E-state index contributed by atoms with van der Waals surface area (Å²) in [4.78, 5) is 12.0. The molecule has 1 aromatic carbocycles. The molecule has 1 aliphatic heterocycles. The Morgan fingerprint density at radius 1 is 1.43 bits per heavy atom. The number of carbonyl (C=O) groups excluding carboxylic acids is 1. The highest BCUT2D eigenvalue weighted by Gasteiger charge is 2.21. The molecule has 1 amide bonds. The van der Waals surface area contributed by atoms with Crippen LogP contribution in [0.15, 0.2) is 30.5 Å². The van der Waals surface area contributed by atoms with E-state index in [-0.39, 0.29) is 30.2 Å². The fourth-order valence-electron chi connectivity index (χ4n) is 2.61. The van der Waals surface area contributed by atoms with Gasteiger partial charge in [0.05, 0.1) is 17.4 Å². The van der Waals surface area contributed by atoms with Crippen LogP contribution in [-0.2, 0) is 11.3 Å². The van der Waals surface area contributed by atoms with Crippen molar-refractivity contribution in [3.05, 3.63) is 47.5 Å². The third kappa shape index (κ3) is 4.09. The van der Waals surface area contributed by atoms with Gasteiger partial charge < -0.3 is 10.6 Å². The van der Waals surface area contributed by atoms with Gasteiger partial charge in [-0.25, -0.2) is 9.07 Å². The molecule has 7 heteroatoms. The summed E-state index contributed by atoms with van der Waals surface area (Å²) in [5.41, 5.74) is 2.60. The van der Waals surface area contributed by atoms with Crippen molar-refractivity contribution in [2.45, 2.75) is 32.4 Å². The van der Waals surface area contributed by atoms with Gasteiger partial charge >= 0.3 is 0 Å². The average Bonchev–Trinajstić information content (AvgIpc) is 3.15. The fraction of sp³-hybridized carbons (Fsp3) is 0.375. The quantitative estimate of drug-likeness (QED) is 0.897. The number of rotatable bonds is 4. The molecule has 124 valence electrons. The first kappa shape index (κ1) is 17.4. The van der Waals surface area contributed by atoms with E-state index in [1.54, 1.807) is 16.8 Å². The van der Waals surface area contributed by atoms with Crippen molar-refractivity contribution in [3.8, 4) is 5.69 Å². The third-order valence-electron chi connectivity index (χ3n) is 3.92. The van der Waals surface area contributed by atoms with E-state index in [4.69, 9.17) is 0 Å². The lowest BCUT2D eigenvalue weighted by Gasteiger charge is -2.10. The minimum atomic E-state index is -0.274. The van der Waals surface area contributed by atoms with Gasteiger partial charge in [0.25, 0.3) is 0 Å². The van der Waals surface area contributed by atoms with Gasteiger partial charge in [0, 0.05) is 18.3 Å². The van der Waals surface area contributed by atoms with E-state index in [1.807, 2.05) is 13.1 Å². The molecule has 1 saturated heterocycles. The van der Waals surface area contributed by atoms with Crippen molar-refractivity contribution in [1.82, 2.24) is 20.4 Å². The summed E-state index contributed by atoms with van der Waals surface area (Å²) in [6.07, 6.45) is 3.80. The maximum atomic E-state index is 13.0. The number of halogens is 2. The molecule has 1 fully saturated rings. The van der Waals surface area contributed by atoms with Gasteiger partial charge in [-0.2, -0.15) is 5.10 Å². The van der Waals surface area contributed by atoms with Crippen molar-refractivity contribution in [2.24, 2.45) is 0 Å². The zero-order valence-electron chi connectivity index (χ0n) is 12.9. The summed E-state index contributed by atoms with van der Waals surface area (Å²) >= 11 is 0. The van der Waals surface area contributed by atoms with Gasteiger partial charge in [-0.3, -0.25) is 4.79 Å². The molecular weight excluding hydrogens is 319 g/mol. The zero-order valence-corrected chi connectivity index (χ0v) is 13.7. The van der Waals surface area contributed by atoms with Crippen LogP contribution in [0.25, 0.3) is 5.69 Å². The predicted octanol–water partition coefficient (Wildman–Crippen LogP) is 2.11. The number of hydrogen-bond acceptors (Lipinski definition) is 3. The van der Waals surface area contributed by atoms with Crippen LogP contribution < -0.4 is 10.6 Å². The molecule has 2 N–H and O–H groups in total. The second-order valence-corrected chi connectivity index (χ2v) is 5.53. The molecule has 1 aromatic heterocycles. The maximum Gasteiger partial charge on any atom is 0.237 e. The zero-order chi connectivity index (χ0) is 15.5. The van der Waals surface area contributed by atoms with Crippen molar-refractivity contribution in [2.75, 3.05) is 6.54 Å². The van der Waals surface area contributed by atoms with Gasteiger partial charge in [0.2, 0.25) is 5.91 Å². The highest BCUT2D eigenvalue weighted by atomic mass is 35.5. The number of aromatic nitrogens is 2. The van der Waals surface area contributed by atoms with Gasteiger partial charge in [0.15, 0.2) is 0 Å². The van der Waals surface area contributed by atoms with Crippen LogP contribution in [0.4, 0.5) is 4.39 Å². The third-order valence-corrected chi connectivity index (χ3v) is 3.92. The van der Waals surface area contributed by atoms with Crippen LogP contribution in [0.3, 0.4) is 0 Å². The minimum Gasteiger partial charge on any atom is -0.351 e. The molecule has 0 spiro atoms. The molecule has 0 aliphatic carbocycles. The topological polar surface area (TPSA) is 59.0 Å². The molecule has 0 radical (unpaired) electrons. The Bertz CT molecular complexity index is 665. The highest BCUT2D eigenvalue weighted by molar-refractivity contribution is 5.85. The number of nitrogens with zero attached hydrogens (tertiary/aromatic N) is 2. The molecule has 5 nitrogen and oxygen atoms in total. The van der Waals surface area contributed by atoms with Crippen LogP contribution in [0.5, 0.6) is 0 Å². The first-order chi connectivity index (χ1) is 10.6. The lowest BCUT2D eigenvalue weighted by atomic mass is 10.2. The molecule has 1 atom stereocenters. The van der Waals surface area contributed by atoms with E-state index >= 15 is 0 Å². The molecule has 0 bridgehead atoms. The van der Waals surface area contributed by atoms with Crippen LogP contribution >= 0.6 is 12.4 Å². The van der Waals surface area contributed by atoms with Crippen LogP contribution in [0.2, 0.25) is 0 Å². The van der Waals surface area contributed by atoms with Crippen molar-refractivity contribution in [3.63, 3.8) is 0 Å². The maximum absolute atomic E-state index is 13.0. The van der Waals surface area contributed by atoms with Crippen molar-refractivity contribution < 1.29 is 9.18 Å². The molecule has 1 unspecified atom stereocenters. The Hall–Kier alpha value is -1.92. The molecule has 2 heterocycles. The van der Waals surface area contributed by atoms with Crippen LogP contribution in [0, 0.1) is 12.7 Å². The Labute approximate surface area is 140 Å². The van der Waals surface area contributed by atoms with E-state index in [9.17, 15) is 9.18 Å².